The number of anilines is 3. The summed E-state index contributed by atoms with van der Waals surface area (Å²) < 4.78 is 0. The first-order chi connectivity index (χ1) is 14.9. The van der Waals surface area contributed by atoms with Crippen LogP contribution in [0.1, 0.15) is 60.8 Å². The number of primary amides is 1. The monoisotopic (exact) mass is 427 g/mol. The fraction of sp³-hybridized carbons (Fsp3) is 0.476. The van der Waals surface area contributed by atoms with Gasteiger partial charge in [-0.3, -0.25) is 4.79 Å². The van der Waals surface area contributed by atoms with Crippen LogP contribution in [0.25, 0.3) is 0 Å². The molecule has 2 amide bonds. The molecular weight excluding hydrogens is 398 g/mol. The summed E-state index contributed by atoms with van der Waals surface area (Å²) >= 11 is 0. The van der Waals surface area contributed by atoms with Gasteiger partial charge in [-0.15, -0.1) is 10.2 Å². The van der Waals surface area contributed by atoms with Crippen LogP contribution in [0, 0.1) is 6.92 Å². The van der Waals surface area contributed by atoms with Crippen LogP contribution in [0.15, 0.2) is 18.2 Å². The third-order valence-corrected chi connectivity index (χ3v) is 5.23. The van der Waals surface area contributed by atoms with Crippen LogP contribution in [0.3, 0.4) is 0 Å². The Balaban J connectivity index is 1.86. The molecule has 1 saturated carbocycles. The van der Waals surface area contributed by atoms with Crippen LogP contribution in [0.2, 0.25) is 0 Å². The van der Waals surface area contributed by atoms with Crippen molar-refractivity contribution in [1.29, 1.82) is 0 Å². The van der Waals surface area contributed by atoms with E-state index < -0.39 is 12.0 Å². The third-order valence-electron chi connectivity index (χ3n) is 5.23. The first-order valence-corrected chi connectivity index (χ1v) is 10.5. The predicted octanol–water partition coefficient (Wildman–Crippen LogP) is 2.97. The largest absolute Gasteiger partial charge is 0.465 e. The minimum absolute atomic E-state index is 0.00903. The zero-order chi connectivity index (χ0) is 22.4. The smallest absolute Gasteiger partial charge is 0.404 e. The zero-order valence-electron chi connectivity index (χ0n) is 17.8. The quantitative estimate of drug-likeness (QED) is 0.430. The second-order valence-corrected chi connectivity index (χ2v) is 7.84. The summed E-state index contributed by atoms with van der Waals surface area (Å²) in [5.41, 5.74) is 7.89. The number of nitrogens with two attached hydrogens (primary N) is 1. The van der Waals surface area contributed by atoms with Gasteiger partial charge in [0, 0.05) is 17.8 Å². The SMILES string of the molecule is CCCc1cc(C)cc(Nc2cc(N[C@@H]3CCCC[C@@H]3NC(=O)O)nnc2C(N)=O)n1. The van der Waals surface area contributed by atoms with E-state index in [2.05, 4.69) is 38.1 Å². The summed E-state index contributed by atoms with van der Waals surface area (Å²) in [6.07, 6.45) is 4.26. The van der Waals surface area contributed by atoms with E-state index in [-0.39, 0.29) is 17.8 Å². The molecule has 1 aliphatic carbocycles. The third kappa shape index (κ3) is 6.03. The van der Waals surface area contributed by atoms with Crippen LogP contribution >= 0.6 is 0 Å². The van der Waals surface area contributed by atoms with E-state index in [9.17, 15) is 9.59 Å². The molecule has 1 fully saturated rings. The highest BCUT2D eigenvalue weighted by Crippen LogP contribution is 2.25. The number of aryl methyl sites for hydroxylation is 2. The molecule has 0 spiro atoms. The second-order valence-electron chi connectivity index (χ2n) is 7.84. The van der Waals surface area contributed by atoms with E-state index in [4.69, 9.17) is 10.8 Å². The van der Waals surface area contributed by atoms with Crippen LogP contribution in [0.4, 0.5) is 22.1 Å². The summed E-state index contributed by atoms with van der Waals surface area (Å²) in [5, 5.41) is 26.1. The second kappa shape index (κ2) is 10.1. The van der Waals surface area contributed by atoms with Crippen molar-refractivity contribution in [1.82, 2.24) is 20.5 Å². The average molecular weight is 428 g/mol. The average Bonchev–Trinajstić information content (AvgIpc) is 2.69. The molecule has 2 aromatic heterocycles. The lowest BCUT2D eigenvalue weighted by molar-refractivity contribution is 0.0995. The number of pyridine rings is 1. The molecule has 0 aromatic carbocycles. The summed E-state index contributed by atoms with van der Waals surface area (Å²) in [5.74, 6) is 0.317. The maximum absolute atomic E-state index is 11.9. The summed E-state index contributed by atoms with van der Waals surface area (Å²) in [6, 6.07) is 5.21. The van der Waals surface area contributed by atoms with Gasteiger partial charge in [0.15, 0.2) is 11.5 Å². The number of aromatic nitrogens is 3. The lowest BCUT2D eigenvalue weighted by Crippen LogP contribution is -2.48. The molecule has 1 aliphatic rings. The summed E-state index contributed by atoms with van der Waals surface area (Å²) in [7, 11) is 0. The molecule has 6 N–H and O–H groups in total. The fourth-order valence-corrected chi connectivity index (χ4v) is 3.89. The standard InChI is InChI=1S/C21H29N7O3/c1-3-6-13-9-12(2)10-17(23-13)25-16-11-18(27-28-19(16)20(22)29)24-14-7-4-5-8-15(14)26-21(30)31/h9-11,14-15,26H,3-8H2,1-2H3,(H2,22,29)(H,30,31)(H2,23,24,25,27)/t14-,15+/m1/s1. The number of hydrogen-bond donors (Lipinski definition) is 5. The molecule has 166 valence electrons. The Morgan fingerprint density at radius 1 is 1.13 bits per heavy atom. The molecule has 2 aromatic rings. The first kappa shape index (κ1) is 22.3. The number of carbonyl (C=O) groups is 2. The Morgan fingerprint density at radius 3 is 2.55 bits per heavy atom. The number of amides is 2. The van der Waals surface area contributed by atoms with Gasteiger partial charge in [-0.1, -0.05) is 26.2 Å². The Bertz CT molecular complexity index is 951. The fourth-order valence-electron chi connectivity index (χ4n) is 3.89. The van der Waals surface area contributed by atoms with Crippen molar-refractivity contribution in [2.75, 3.05) is 10.6 Å². The Morgan fingerprint density at radius 2 is 1.87 bits per heavy atom. The minimum atomic E-state index is -1.05. The van der Waals surface area contributed by atoms with Crippen LogP contribution in [0.5, 0.6) is 0 Å². The van der Waals surface area contributed by atoms with E-state index in [1.165, 1.54) is 0 Å². The zero-order valence-corrected chi connectivity index (χ0v) is 17.8. The normalized spacial score (nSPS) is 18.3. The van der Waals surface area contributed by atoms with E-state index in [0.717, 1.165) is 49.8 Å². The number of carboxylic acid groups (broad SMARTS) is 1. The van der Waals surface area contributed by atoms with Crippen molar-refractivity contribution in [2.45, 2.75) is 64.5 Å². The number of nitrogens with one attached hydrogen (secondary N) is 3. The number of hydrogen-bond acceptors (Lipinski definition) is 7. The van der Waals surface area contributed by atoms with Crippen LogP contribution < -0.4 is 21.7 Å². The maximum atomic E-state index is 11.9. The van der Waals surface area contributed by atoms with Crippen molar-refractivity contribution in [2.24, 2.45) is 5.73 Å². The van der Waals surface area contributed by atoms with Crippen molar-refractivity contribution in [3.63, 3.8) is 0 Å². The number of rotatable bonds is 8. The highest BCUT2D eigenvalue weighted by molar-refractivity contribution is 5.97. The lowest BCUT2D eigenvalue weighted by atomic mass is 9.90. The van der Waals surface area contributed by atoms with Crippen LogP contribution in [-0.2, 0) is 6.42 Å². The van der Waals surface area contributed by atoms with E-state index >= 15 is 0 Å². The first-order valence-electron chi connectivity index (χ1n) is 10.5. The summed E-state index contributed by atoms with van der Waals surface area (Å²) in [6.45, 7) is 4.07. The molecule has 0 radical (unpaired) electrons. The van der Waals surface area contributed by atoms with Crippen LogP contribution in [-0.4, -0.2) is 44.4 Å². The molecule has 31 heavy (non-hydrogen) atoms. The van der Waals surface area contributed by atoms with Crippen molar-refractivity contribution >= 4 is 29.3 Å². The van der Waals surface area contributed by atoms with E-state index in [0.29, 0.717) is 17.3 Å². The maximum Gasteiger partial charge on any atom is 0.404 e. The molecule has 0 saturated heterocycles. The Labute approximate surface area is 181 Å². The van der Waals surface area contributed by atoms with E-state index in [1.807, 2.05) is 19.1 Å². The molecule has 2 atom stereocenters. The van der Waals surface area contributed by atoms with Gasteiger partial charge in [-0.25, -0.2) is 9.78 Å². The Hall–Kier alpha value is -3.43. The Kier molecular flexibility index (Phi) is 7.22. The molecule has 0 unspecified atom stereocenters. The topological polar surface area (TPSA) is 155 Å². The predicted molar refractivity (Wildman–Crippen MR) is 118 cm³/mol. The van der Waals surface area contributed by atoms with Crippen molar-refractivity contribution in [3.8, 4) is 0 Å². The van der Waals surface area contributed by atoms with Gasteiger partial charge in [0.2, 0.25) is 0 Å². The number of carbonyl (C=O) groups excluding carboxylic acids is 1. The van der Waals surface area contributed by atoms with Gasteiger partial charge >= 0.3 is 6.09 Å². The highest BCUT2D eigenvalue weighted by atomic mass is 16.4. The molecule has 10 nitrogen and oxygen atoms in total. The van der Waals surface area contributed by atoms with Gasteiger partial charge < -0.3 is 26.8 Å². The molecule has 0 aliphatic heterocycles. The van der Waals surface area contributed by atoms with Crippen molar-refractivity contribution in [3.05, 3.63) is 35.2 Å². The van der Waals surface area contributed by atoms with Crippen molar-refractivity contribution < 1.29 is 14.7 Å². The van der Waals surface area contributed by atoms with Gasteiger partial charge in [-0.2, -0.15) is 0 Å². The van der Waals surface area contributed by atoms with Gasteiger partial charge in [-0.05, 0) is 43.9 Å². The molecule has 0 bridgehead atoms. The van der Waals surface area contributed by atoms with Gasteiger partial charge in [0.25, 0.3) is 5.91 Å². The molecule has 3 rings (SSSR count). The van der Waals surface area contributed by atoms with Gasteiger partial charge in [0.05, 0.1) is 11.7 Å². The van der Waals surface area contributed by atoms with E-state index in [1.54, 1.807) is 6.07 Å². The lowest BCUT2D eigenvalue weighted by Gasteiger charge is -2.32. The number of nitrogens with zero attached hydrogens (tertiary/aromatic N) is 3. The molecule has 2 heterocycles. The molecule has 10 heteroatoms. The molecular formula is C21H29N7O3. The highest BCUT2D eigenvalue weighted by Gasteiger charge is 2.27. The minimum Gasteiger partial charge on any atom is -0.465 e. The van der Waals surface area contributed by atoms with Gasteiger partial charge in [0.1, 0.15) is 5.82 Å². The summed E-state index contributed by atoms with van der Waals surface area (Å²) in [4.78, 5) is 27.6.